The van der Waals surface area contributed by atoms with Crippen LogP contribution in [-0.2, 0) is 25.5 Å². The van der Waals surface area contributed by atoms with Crippen LogP contribution in [0.15, 0.2) is 54.6 Å². The number of likely N-dealkylation sites (tertiary alicyclic amines) is 1. The largest absolute Gasteiger partial charge is 0.466 e. The van der Waals surface area contributed by atoms with Crippen LogP contribution in [0, 0.1) is 5.92 Å². The number of hydrogen-bond donors (Lipinski definition) is 2. The molecule has 0 unspecified atom stereocenters. The number of anilines is 2. The quantitative estimate of drug-likeness (QED) is 0.587. The molecule has 2 aromatic rings. The van der Waals surface area contributed by atoms with E-state index in [4.69, 9.17) is 4.74 Å². The Hall–Kier alpha value is -3.35. The molecule has 0 atom stereocenters. The first-order valence-corrected chi connectivity index (χ1v) is 11.2. The molecule has 0 radical (unpaired) electrons. The van der Waals surface area contributed by atoms with Gasteiger partial charge >= 0.3 is 5.97 Å². The summed E-state index contributed by atoms with van der Waals surface area (Å²) in [5.74, 6) is -0.297. The molecule has 1 aliphatic heterocycles. The van der Waals surface area contributed by atoms with Crippen LogP contribution in [0.3, 0.4) is 0 Å². The number of ether oxygens (including phenoxy) is 1. The lowest BCUT2D eigenvalue weighted by molar-refractivity contribution is -0.151. The molecule has 7 heteroatoms. The minimum absolute atomic E-state index is 0.00519. The van der Waals surface area contributed by atoms with Crippen molar-refractivity contribution >= 4 is 29.2 Å². The van der Waals surface area contributed by atoms with Crippen molar-refractivity contribution in [2.24, 2.45) is 5.92 Å². The van der Waals surface area contributed by atoms with Crippen molar-refractivity contribution in [1.29, 1.82) is 0 Å². The van der Waals surface area contributed by atoms with Gasteiger partial charge < -0.3 is 20.3 Å². The van der Waals surface area contributed by atoms with Crippen LogP contribution in [0.4, 0.5) is 11.4 Å². The number of nitrogens with one attached hydrogen (secondary N) is 2. The smallest absolute Gasteiger partial charge is 0.309 e. The highest BCUT2D eigenvalue weighted by Crippen LogP contribution is 2.19. The zero-order valence-corrected chi connectivity index (χ0v) is 18.5. The molecule has 32 heavy (non-hydrogen) atoms. The molecule has 1 aliphatic rings. The third kappa shape index (κ3) is 7.11. The van der Waals surface area contributed by atoms with Crippen molar-refractivity contribution in [2.75, 3.05) is 36.9 Å². The monoisotopic (exact) mass is 437 g/mol. The van der Waals surface area contributed by atoms with Crippen molar-refractivity contribution in [1.82, 2.24) is 4.90 Å². The van der Waals surface area contributed by atoms with Gasteiger partial charge in [-0.1, -0.05) is 30.3 Å². The van der Waals surface area contributed by atoms with Gasteiger partial charge in [0.2, 0.25) is 11.8 Å². The molecular formula is C25H31N3O4. The first-order chi connectivity index (χ1) is 15.5. The van der Waals surface area contributed by atoms with Gasteiger partial charge in [0, 0.05) is 30.9 Å². The molecule has 2 aromatic carbocycles. The van der Waals surface area contributed by atoms with E-state index in [-0.39, 0.29) is 30.2 Å². The summed E-state index contributed by atoms with van der Waals surface area (Å²) in [4.78, 5) is 38.2. The van der Waals surface area contributed by atoms with Crippen LogP contribution in [-0.4, -0.2) is 48.9 Å². The summed E-state index contributed by atoms with van der Waals surface area (Å²) < 4.78 is 5.07. The fraction of sp³-hybridized carbons (Fsp3) is 0.400. The van der Waals surface area contributed by atoms with Crippen molar-refractivity contribution in [3.63, 3.8) is 0 Å². The summed E-state index contributed by atoms with van der Waals surface area (Å²) in [6, 6.07) is 17.2. The van der Waals surface area contributed by atoms with Gasteiger partial charge in [0.1, 0.15) is 0 Å². The van der Waals surface area contributed by atoms with Crippen molar-refractivity contribution < 1.29 is 19.1 Å². The number of benzene rings is 2. The number of carbonyl (C=O) groups is 3. The molecule has 0 aromatic heterocycles. The maximum Gasteiger partial charge on any atom is 0.309 e. The predicted octanol–water partition coefficient (Wildman–Crippen LogP) is 3.47. The lowest BCUT2D eigenvalue weighted by atomic mass is 9.97. The van der Waals surface area contributed by atoms with E-state index >= 15 is 0 Å². The number of esters is 1. The summed E-state index contributed by atoms with van der Waals surface area (Å²) in [7, 11) is 0. The van der Waals surface area contributed by atoms with Gasteiger partial charge in [-0.3, -0.25) is 14.4 Å². The minimum atomic E-state index is -0.162. The van der Waals surface area contributed by atoms with E-state index in [2.05, 4.69) is 10.6 Å². The first kappa shape index (κ1) is 23.3. The Balaban J connectivity index is 1.37. The summed E-state index contributed by atoms with van der Waals surface area (Å²) in [5, 5.41) is 6.03. The summed E-state index contributed by atoms with van der Waals surface area (Å²) in [5.41, 5.74) is 2.67. The molecular weight excluding hydrogens is 406 g/mol. The average Bonchev–Trinajstić information content (AvgIpc) is 2.83. The SMILES string of the molecule is CCOC(=O)C1CCN(C(=O)CNc2ccc(NC(=O)CCc3ccccc3)cc2)CC1. The van der Waals surface area contributed by atoms with Gasteiger partial charge in [-0.15, -0.1) is 0 Å². The third-order valence-corrected chi connectivity index (χ3v) is 5.56. The molecule has 0 saturated carbocycles. The first-order valence-electron chi connectivity index (χ1n) is 11.2. The Morgan fingerprint density at radius 1 is 0.969 bits per heavy atom. The highest BCUT2D eigenvalue weighted by molar-refractivity contribution is 5.91. The van der Waals surface area contributed by atoms with Crippen molar-refractivity contribution in [3.8, 4) is 0 Å². The molecule has 170 valence electrons. The molecule has 1 saturated heterocycles. The normalized spacial score (nSPS) is 14.0. The maximum atomic E-state index is 12.5. The molecule has 3 rings (SSSR count). The van der Waals surface area contributed by atoms with Crippen LogP contribution in [0.5, 0.6) is 0 Å². The second-order valence-corrected chi connectivity index (χ2v) is 7.87. The van der Waals surface area contributed by atoms with Crippen LogP contribution < -0.4 is 10.6 Å². The van der Waals surface area contributed by atoms with E-state index in [1.165, 1.54) is 0 Å². The number of amides is 2. The molecule has 1 fully saturated rings. The number of hydrogen-bond acceptors (Lipinski definition) is 5. The van der Waals surface area contributed by atoms with Gasteiger partial charge in [0.15, 0.2) is 0 Å². The molecule has 0 aliphatic carbocycles. The fourth-order valence-electron chi connectivity index (χ4n) is 3.71. The molecule has 0 bridgehead atoms. The number of rotatable bonds is 9. The Morgan fingerprint density at radius 3 is 2.28 bits per heavy atom. The van der Waals surface area contributed by atoms with E-state index in [0.717, 1.165) is 16.9 Å². The Labute approximate surface area is 189 Å². The predicted molar refractivity (Wildman–Crippen MR) is 124 cm³/mol. The van der Waals surface area contributed by atoms with Crippen molar-refractivity contribution in [2.45, 2.75) is 32.6 Å². The topological polar surface area (TPSA) is 87.7 Å². The number of piperidine rings is 1. The van der Waals surface area contributed by atoms with Crippen molar-refractivity contribution in [3.05, 3.63) is 60.2 Å². The average molecular weight is 438 g/mol. The van der Waals surface area contributed by atoms with Crippen LogP contribution in [0.2, 0.25) is 0 Å². The Bertz CT molecular complexity index is 891. The van der Waals surface area contributed by atoms with E-state index in [0.29, 0.717) is 45.4 Å². The summed E-state index contributed by atoms with van der Waals surface area (Å²) >= 11 is 0. The standard InChI is InChI=1S/C25H31N3O4/c1-2-32-25(31)20-14-16-28(17-15-20)24(30)18-26-21-9-11-22(12-10-21)27-23(29)13-8-19-6-4-3-5-7-19/h3-7,9-12,20,26H,2,8,13-18H2,1H3,(H,27,29). The minimum Gasteiger partial charge on any atom is -0.466 e. The number of carbonyl (C=O) groups excluding carboxylic acids is 3. The Morgan fingerprint density at radius 2 is 1.62 bits per heavy atom. The van der Waals surface area contributed by atoms with E-state index < -0.39 is 0 Å². The lowest BCUT2D eigenvalue weighted by Gasteiger charge is -2.31. The third-order valence-electron chi connectivity index (χ3n) is 5.56. The zero-order valence-electron chi connectivity index (χ0n) is 18.5. The zero-order chi connectivity index (χ0) is 22.8. The second-order valence-electron chi connectivity index (χ2n) is 7.87. The lowest BCUT2D eigenvalue weighted by Crippen LogP contribution is -2.43. The second kappa shape index (κ2) is 11.9. The maximum absolute atomic E-state index is 12.5. The van der Waals surface area contributed by atoms with Gasteiger partial charge in [0.05, 0.1) is 19.1 Å². The van der Waals surface area contributed by atoms with Crippen LogP contribution in [0.25, 0.3) is 0 Å². The summed E-state index contributed by atoms with van der Waals surface area (Å²) in [6.07, 6.45) is 2.41. The molecule has 7 nitrogen and oxygen atoms in total. The summed E-state index contributed by atoms with van der Waals surface area (Å²) in [6.45, 7) is 3.51. The van der Waals surface area contributed by atoms with E-state index in [9.17, 15) is 14.4 Å². The Kier molecular flexibility index (Phi) is 8.66. The van der Waals surface area contributed by atoms with Gasteiger partial charge in [-0.25, -0.2) is 0 Å². The number of aryl methyl sites for hydroxylation is 1. The molecule has 2 amide bonds. The number of nitrogens with zero attached hydrogens (tertiary/aromatic N) is 1. The molecule has 0 spiro atoms. The fourth-order valence-corrected chi connectivity index (χ4v) is 3.71. The van der Waals surface area contributed by atoms with E-state index in [1.54, 1.807) is 11.8 Å². The van der Waals surface area contributed by atoms with Gasteiger partial charge in [-0.2, -0.15) is 0 Å². The highest BCUT2D eigenvalue weighted by atomic mass is 16.5. The molecule has 1 heterocycles. The molecule has 2 N–H and O–H groups in total. The van der Waals surface area contributed by atoms with Crippen LogP contribution >= 0.6 is 0 Å². The highest BCUT2D eigenvalue weighted by Gasteiger charge is 2.27. The van der Waals surface area contributed by atoms with Gasteiger partial charge in [-0.05, 0) is 56.0 Å². The van der Waals surface area contributed by atoms with Gasteiger partial charge in [0.25, 0.3) is 0 Å². The van der Waals surface area contributed by atoms with Crippen LogP contribution in [0.1, 0.15) is 31.7 Å². The van der Waals surface area contributed by atoms with E-state index in [1.807, 2.05) is 54.6 Å².